The maximum atomic E-state index is 6.17. The van der Waals surface area contributed by atoms with Crippen LogP contribution in [-0.4, -0.2) is 27.5 Å². The van der Waals surface area contributed by atoms with Gasteiger partial charge < -0.3 is 10.6 Å². The molecule has 28 heavy (non-hydrogen) atoms. The zero-order valence-corrected chi connectivity index (χ0v) is 16.7. The Balaban J connectivity index is 1.88. The summed E-state index contributed by atoms with van der Waals surface area (Å²) in [6.07, 6.45) is 12.3. The van der Waals surface area contributed by atoms with Gasteiger partial charge in [-0.15, -0.1) is 6.58 Å². The van der Waals surface area contributed by atoms with Crippen LogP contribution in [0.3, 0.4) is 0 Å². The van der Waals surface area contributed by atoms with E-state index in [1.807, 2.05) is 24.5 Å². The summed E-state index contributed by atoms with van der Waals surface area (Å²) >= 11 is 0. The smallest absolute Gasteiger partial charge is 0.181 e. The van der Waals surface area contributed by atoms with E-state index in [-0.39, 0.29) is 0 Å². The molecule has 0 saturated carbocycles. The SMILES string of the molecule is C=CCc1cc(-c2c(CCC)nc3c(N4CCCCC4)nccn23)ccc1N. The van der Waals surface area contributed by atoms with Gasteiger partial charge in [-0.05, 0) is 49.8 Å². The van der Waals surface area contributed by atoms with Gasteiger partial charge in [0, 0.05) is 36.7 Å². The second-order valence-corrected chi connectivity index (χ2v) is 7.56. The van der Waals surface area contributed by atoms with Gasteiger partial charge in [0.25, 0.3) is 0 Å². The lowest BCUT2D eigenvalue weighted by atomic mass is 10.0. The number of fused-ring (bicyclic) bond motifs is 1. The van der Waals surface area contributed by atoms with Crippen LogP contribution in [-0.2, 0) is 12.8 Å². The van der Waals surface area contributed by atoms with Gasteiger partial charge in [-0.2, -0.15) is 0 Å². The average molecular weight is 376 g/mol. The van der Waals surface area contributed by atoms with Gasteiger partial charge >= 0.3 is 0 Å². The number of imidazole rings is 1. The normalized spacial score (nSPS) is 14.5. The van der Waals surface area contributed by atoms with E-state index in [4.69, 9.17) is 15.7 Å². The molecular weight excluding hydrogens is 346 g/mol. The fraction of sp³-hybridized carbons (Fsp3) is 0.391. The van der Waals surface area contributed by atoms with Crippen LogP contribution in [0.15, 0.2) is 43.2 Å². The van der Waals surface area contributed by atoms with Gasteiger partial charge in [0.1, 0.15) is 0 Å². The standard InChI is InChI=1S/C23H29N5/c1-3-8-17-16-18(10-11-19(17)24)21-20(9-4-2)26-23-22(25-12-15-28(21)23)27-13-6-5-7-14-27/h3,10-12,15-16H,1,4-9,13-14,24H2,2H3. The van der Waals surface area contributed by atoms with E-state index in [0.29, 0.717) is 0 Å². The maximum Gasteiger partial charge on any atom is 0.181 e. The lowest BCUT2D eigenvalue weighted by Crippen LogP contribution is -2.30. The van der Waals surface area contributed by atoms with Crippen molar-refractivity contribution in [1.82, 2.24) is 14.4 Å². The minimum absolute atomic E-state index is 0.764. The first-order chi connectivity index (χ1) is 13.7. The van der Waals surface area contributed by atoms with Crippen LogP contribution in [0, 0.1) is 0 Å². The monoisotopic (exact) mass is 375 g/mol. The second-order valence-electron chi connectivity index (χ2n) is 7.56. The molecule has 0 unspecified atom stereocenters. The summed E-state index contributed by atoms with van der Waals surface area (Å²) in [6, 6.07) is 6.28. The Bertz CT molecular complexity index is 982. The van der Waals surface area contributed by atoms with Crippen LogP contribution in [0.2, 0.25) is 0 Å². The van der Waals surface area contributed by atoms with E-state index in [1.165, 1.54) is 19.3 Å². The van der Waals surface area contributed by atoms with Crippen molar-refractivity contribution < 1.29 is 0 Å². The molecule has 0 aliphatic carbocycles. The van der Waals surface area contributed by atoms with Crippen molar-refractivity contribution >= 4 is 17.2 Å². The van der Waals surface area contributed by atoms with Crippen molar-refractivity contribution in [2.24, 2.45) is 0 Å². The number of piperidine rings is 1. The van der Waals surface area contributed by atoms with Crippen molar-refractivity contribution in [1.29, 1.82) is 0 Å². The second kappa shape index (κ2) is 8.05. The topological polar surface area (TPSA) is 59.5 Å². The molecule has 2 aromatic heterocycles. The van der Waals surface area contributed by atoms with Crippen molar-refractivity contribution in [2.45, 2.75) is 45.4 Å². The highest BCUT2D eigenvalue weighted by atomic mass is 15.2. The zero-order chi connectivity index (χ0) is 19.5. The number of benzene rings is 1. The number of hydrogen-bond acceptors (Lipinski definition) is 4. The van der Waals surface area contributed by atoms with Crippen molar-refractivity contribution in [3.05, 3.63) is 54.5 Å². The third-order valence-corrected chi connectivity index (χ3v) is 5.52. The number of anilines is 2. The number of allylic oxidation sites excluding steroid dienone is 1. The van der Waals surface area contributed by atoms with Gasteiger partial charge in [0.15, 0.2) is 11.5 Å². The quantitative estimate of drug-likeness (QED) is 0.503. The lowest BCUT2D eigenvalue weighted by molar-refractivity contribution is 0.574. The lowest BCUT2D eigenvalue weighted by Gasteiger charge is -2.27. The van der Waals surface area contributed by atoms with Gasteiger partial charge in [0.2, 0.25) is 0 Å². The molecule has 5 heteroatoms. The summed E-state index contributed by atoms with van der Waals surface area (Å²) in [5.41, 5.74) is 12.5. The summed E-state index contributed by atoms with van der Waals surface area (Å²) in [4.78, 5) is 12.2. The van der Waals surface area contributed by atoms with Crippen LogP contribution in [0.4, 0.5) is 11.5 Å². The first-order valence-electron chi connectivity index (χ1n) is 10.3. The number of nitrogens with zero attached hydrogens (tertiary/aromatic N) is 4. The minimum atomic E-state index is 0.764. The summed E-state index contributed by atoms with van der Waals surface area (Å²) in [5, 5.41) is 0. The highest BCUT2D eigenvalue weighted by Crippen LogP contribution is 2.32. The molecule has 3 aromatic rings. The molecular formula is C23H29N5. The molecule has 4 rings (SSSR count). The molecule has 1 fully saturated rings. The first kappa shape index (κ1) is 18.5. The molecule has 1 aliphatic heterocycles. The van der Waals surface area contributed by atoms with Crippen molar-refractivity contribution in [3.8, 4) is 11.3 Å². The van der Waals surface area contributed by atoms with Gasteiger partial charge in [-0.3, -0.25) is 4.40 Å². The molecule has 146 valence electrons. The number of rotatable bonds is 6. The van der Waals surface area contributed by atoms with Gasteiger partial charge in [-0.25, -0.2) is 9.97 Å². The number of nitrogen functional groups attached to an aromatic ring is 1. The Morgan fingerprint density at radius 3 is 2.79 bits per heavy atom. The Hall–Kier alpha value is -2.82. The van der Waals surface area contributed by atoms with E-state index < -0.39 is 0 Å². The molecule has 5 nitrogen and oxygen atoms in total. The summed E-state index contributed by atoms with van der Waals surface area (Å²) in [5.74, 6) is 1.01. The van der Waals surface area contributed by atoms with E-state index in [2.05, 4.69) is 34.9 Å². The van der Waals surface area contributed by atoms with E-state index in [9.17, 15) is 0 Å². The molecule has 0 amide bonds. The number of aryl methyl sites for hydroxylation is 1. The van der Waals surface area contributed by atoms with E-state index in [1.54, 1.807) is 0 Å². The minimum Gasteiger partial charge on any atom is -0.398 e. The Labute approximate surface area is 166 Å². The van der Waals surface area contributed by atoms with Crippen LogP contribution in [0.25, 0.3) is 16.9 Å². The van der Waals surface area contributed by atoms with Gasteiger partial charge in [0.05, 0.1) is 11.4 Å². The largest absolute Gasteiger partial charge is 0.398 e. The predicted octanol–water partition coefficient (Wildman–Crippen LogP) is 4.65. The first-order valence-corrected chi connectivity index (χ1v) is 10.3. The molecule has 0 spiro atoms. The number of hydrogen-bond donors (Lipinski definition) is 1. The van der Waals surface area contributed by atoms with Crippen LogP contribution >= 0.6 is 0 Å². The maximum absolute atomic E-state index is 6.17. The summed E-state index contributed by atoms with van der Waals surface area (Å²) in [6.45, 7) is 8.18. The predicted molar refractivity (Wildman–Crippen MR) is 117 cm³/mol. The number of aromatic nitrogens is 3. The van der Waals surface area contributed by atoms with Crippen LogP contribution < -0.4 is 10.6 Å². The van der Waals surface area contributed by atoms with Crippen molar-refractivity contribution in [2.75, 3.05) is 23.7 Å². The molecule has 0 radical (unpaired) electrons. The van der Waals surface area contributed by atoms with E-state index >= 15 is 0 Å². The third kappa shape index (κ3) is 3.37. The van der Waals surface area contributed by atoms with Gasteiger partial charge in [-0.1, -0.05) is 25.5 Å². The highest BCUT2D eigenvalue weighted by molar-refractivity contribution is 5.75. The number of nitrogens with two attached hydrogens (primary N) is 1. The van der Waals surface area contributed by atoms with Crippen LogP contribution in [0.1, 0.15) is 43.9 Å². The fourth-order valence-electron chi connectivity index (χ4n) is 4.14. The fourth-order valence-corrected chi connectivity index (χ4v) is 4.14. The Kier molecular flexibility index (Phi) is 5.33. The highest BCUT2D eigenvalue weighted by Gasteiger charge is 2.21. The zero-order valence-electron chi connectivity index (χ0n) is 16.7. The Morgan fingerprint density at radius 2 is 2.04 bits per heavy atom. The van der Waals surface area contributed by atoms with Crippen LogP contribution in [0.5, 0.6) is 0 Å². The third-order valence-electron chi connectivity index (χ3n) is 5.52. The molecule has 2 N–H and O–H groups in total. The molecule has 0 atom stereocenters. The molecule has 1 saturated heterocycles. The molecule has 3 heterocycles. The average Bonchev–Trinajstić information content (AvgIpc) is 3.09. The molecule has 1 aliphatic rings. The Morgan fingerprint density at radius 1 is 1.21 bits per heavy atom. The van der Waals surface area contributed by atoms with Crippen molar-refractivity contribution in [3.63, 3.8) is 0 Å². The summed E-state index contributed by atoms with van der Waals surface area (Å²) in [7, 11) is 0. The van der Waals surface area contributed by atoms with E-state index in [0.717, 1.165) is 72.0 Å². The summed E-state index contributed by atoms with van der Waals surface area (Å²) < 4.78 is 2.21. The molecule has 1 aromatic carbocycles. The molecule has 0 bridgehead atoms.